The average Bonchev–Trinajstić information content (AvgIpc) is 2.45. The van der Waals surface area contributed by atoms with Crippen LogP contribution in [0, 0.1) is 11.6 Å². The second-order valence-corrected chi connectivity index (χ2v) is 5.76. The van der Waals surface area contributed by atoms with Gasteiger partial charge in [0.15, 0.2) is 11.6 Å². The predicted molar refractivity (Wildman–Crippen MR) is 67.1 cm³/mol. The minimum absolute atomic E-state index is 0.0237. The van der Waals surface area contributed by atoms with Crippen molar-refractivity contribution in [2.24, 2.45) is 0 Å². The first-order valence-corrected chi connectivity index (χ1v) is 6.02. The highest BCUT2D eigenvalue weighted by molar-refractivity contribution is 6.62. The Morgan fingerprint density at radius 2 is 1.50 bits per heavy atom. The van der Waals surface area contributed by atoms with Gasteiger partial charge in [-0.3, -0.25) is 0 Å². The molecule has 18 heavy (non-hydrogen) atoms. The summed E-state index contributed by atoms with van der Waals surface area (Å²) in [6.45, 7) is 7.38. The van der Waals surface area contributed by atoms with Gasteiger partial charge in [-0.1, -0.05) is 17.7 Å². The minimum Gasteiger partial charge on any atom is -0.399 e. The standard InChI is InChI=1S/C12H14BClF2O2/c1-11(2)12(3,4)18-13(17-11)7-5-6-8(14)10(16)9(7)15/h5-6H,1-4H3. The third-order valence-corrected chi connectivity index (χ3v) is 3.86. The maximum Gasteiger partial charge on any atom is 0.497 e. The highest BCUT2D eigenvalue weighted by atomic mass is 35.5. The van der Waals surface area contributed by atoms with E-state index >= 15 is 0 Å². The van der Waals surface area contributed by atoms with Gasteiger partial charge in [-0.15, -0.1) is 0 Å². The molecule has 0 aromatic heterocycles. The van der Waals surface area contributed by atoms with Crippen molar-refractivity contribution < 1.29 is 18.1 Å². The molecule has 2 rings (SSSR count). The first-order valence-electron chi connectivity index (χ1n) is 5.65. The summed E-state index contributed by atoms with van der Waals surface area (Å²) in [6, 6.07) is 2.67. The molecule has 1 aromatic carbocycles. The lowest BCUT2D eigenvalue weighted by Crippen LogP contribution is -2.41. The van der Waals surface area contributed by atoms with Crippen molar-refractivity contribution in [1.29, 1.82) is 0 Å². The second-order valence-electron chi connectivity index (χ2n) is 5.35. The van der Waals surface area contributed by atoms with Crippen LogP contribution in [0.1, 0.15) is 27.7 Å². The third kappa shape index (κ3) is 2.04. The molecule has 2 nitrogen and oxygen atoms in total. The van der Waals surface area contributed by atoms with Gasteiger partial charge in [0, 0.05) is 5.46 Å². The molecule has 0 aliphatic carbocycles. The van der Waals surface area contributed by atoms with Crippen LogP contribution in [0.5, 0.6) is 0 Å². The van der Waals surface area contributed by atoms with E-state index in [-0.39, 0.29) is 10.5 Å². The van der Waals surface area contributed by atoms with Gasteiger partial charge in [0.05, 0.1) is 16.2 Å². The number of rotatable bonds is 1. The van der Waals surface area contributed by atoms with Crippen LogP contribution in [-0.4, -0.2) is 18.3 Å². The van der Waals surface area contributed by atoms with E-state index in [2.05, 4.69) is 0 Å². The summed E-state index contributed by atoms with van der Waals surface area (Å²) in [7, 11) is -0.929. The summed E-state index contributed by atoms with van der Waals surface area (Å²) >= 11 is 5.51. The molecular weight excluding hydrogens is 260 g/mol. The van der Waals surface area contributed by atoms with Crippen LogP contribution in [-0.2, 0) is 9.31 Å². The van der Waals surface area contributed by atoms with Crippen molar-refractivity contribution in [2.45, 2.75) is 38.9 Å². The van der Waals surface area contributed by atoms with Crippen molar-refractivity contribution in [3.8, 4) is 0 Å². The van der Waals surface area contributed by atoms with Crippen LogP contribution in [0.2, 0.25) is 5.02 Å². The molecule has 0 N–H and O–H groups in total. The zero-order valence-electron chi connectivity index (χ0n) is 10.7. The molecule has 0 spiro atoms. The summed E-state index contributed by atoms with van der Waals surface area (Å²) in [4.78, 5) is 0. The molecule has 1 aromatic rings. The van der Waals surface area contributed by atoms with Gasteiger partial charge in [0.2, 0.25) is 0 Å². The van der Waals surface area contributed by atoms with Crippen LogP contribution in [0.15, 0.2) is 12.1 Å². The molecule has 1 saturated heterocycles. The highest BCUT2D eigenvalue weighted by Crippen LogP contribution is 2.36. The molecule has 1 aliphatic heterocycles. The number of hydrogen-bond acceptors (Lipinski definition) is 2. The van der Waals surface area contributed by atoms with Crippen molar-refractivity contribution in [3.63, 3.8) is 0 Å². The van der Waals surface area contributed by atoms with Crippen LogP contribution in [0.25, 0.3) is 0 Å². The Hall–Kier alpha value is -0.645. The molecule has 98 valence electrons. The Morgan fingerprint density at radius 1 is 1.00 bits per heavy atom. The van der Waals surface area contributed by atoms with Crippen molar-refractivity contribution in [3.05, 3.63) is 28.8 Å². The van der Waals surface area contributed by atoms with Crippen molar-refractivity contribution in [1.82, 2.24) is 0 Å². The maximum absolute atomic E-state index is 13.8. The summed E-state index contributed by atoms with van der Waals surface area (Å²) in [5.74, 6) is -2.11. The van der Waals surface area contributed by atoms with Gasteiger partial charge in [-0.2, -0.15) is 0 Å². The lowest BCUT2D eigenvalue weighted by molar-refractivity contribution is 0.00578. The van der Waals surface area contributed by atoms with Gasteiger partial charge in [0.25, 0.3) is 0 Å². The summed E-state index contributed by atoms with van der Waals surface area (Å²) in [5.41, 5.74) is -1.17. The van der Waals surface area contributed by atoms with E-state index in [1.807, 2.05) is 27.7 Å². The van der Waals surface area contributed by atoms with Crippen LogP contribution in [0.3, 0.4) is 0 Å². The lowest BCUT2D eigenvalue weighted by atomic mass is 9.78. The lowest BCUT2D eigenvalue weighted by Gasteiger charge is -2.32. The number of hydrogen-bond donors (Lipinski definition) is 0. The molecule has 1 fully saturated rings. The van der Waals surface area contributed by atoms with Crippen LogP contribution >= 0.6 is 11.6 Å². The Bertz CT molecular complexity index is 475. The Balaban J connectivity index is 2.39. The SMILES string of the molecule is CC1(C)OB(c2ccc(Cl)c(F)c2F)OC1(C)C. The number of benzene rings is 1. The Labute approximate surface area is 110 Å². The Morgan fingerprint density at radius 3 is 2.00 bits per heavy atom. The molecule has 0 amide bonds. The van der Waals surface area contributed by atoms with Crippen LogP contribution < -0.4 is 5.46 Å². The zero-order valence-corrected chi connectivity index (χ0v) is 11.4. The first-order chi connectivity index (χ1) is 8.16. The van der Waals surface area contributed by atoms with E-state index < -0.39 is 30.0 Å². The molecule has 0 radical (unpaired) electrons. The van der Waals surface area contributed by atoms with Gasteiger partial charge in [0.1, 0.15) is 0 Å². The van der Waals surface area contributed by atoms with E-state index in [9.17, 15) is 8.78 Å². The second kappa shape index (κ2) is 4.18. The molecule has 6 heteroatoms. The molecule has 0 atom stereocenters. The molecule has 0 saturated carbocycles. The van der Waals surface area contributed by atoms with Gasteiger partial charge >= 0.3 is 7.12 Å². The smallest absolute Gasteiger partial charge is 0.399 e. The summed E-state index contributed by atoms with van der Waals surface area (Å²) < 4.78 is 38.5. The fourth-order valence-corrected chi connectivity index (χ4v) is 1.84. The fourth-order valence-electron chi connectivity index (χ4n) is 1.69. The first kappa shape index (κ1) is 13.8. The Kier molecular flexibility index (Phi) is 3.20. The van der Waals surface area contributed by atoms with Crippen molar-refractivity contribution in [2.75, 3.05) is 0 Å². The molecule has 1 aliphatic rings. The quantitative estimate of drug-likeness (QED) is 0.579. The summed E-state index contributed by atoms with van der Waals surface area (Å²) in [6.07, 6.45) is 0. The van der Waals surface area contributed by atoms with Gasteiger partial charge < -0.3 is 9.31 Å². The van der Waals surface area contributed by atoms with E-state index in [0.717, 1.165) is 0 Å². The maximum atomic E-state index is 13.8. The monoisotopic (exact) mass is 274 g/mol. The average molecular weight is 275 g/mol. The van der Waals surface area contributed by atoms with E-state index in [1.165, 1.54) is 12.1 Å². The third-order valence-electron chi connectivity index (χ3n) is 3.57. The van der Waals surface area contributed by atoms with E-state index in [4.69, 9.17) is 20.9 Å². The van der Waals surface area contributed by atoms with Gasteiger partial charge in [-0.05, 0) is 33.8 Å². The summed E-state index contributed by atoms with van der Waals surface area (Å²) in [5, 5.41) is -0.257. The zero-order chi connectivity index (χ0) is 13.7. The molecular formula is C12H14BClF2O2. The normalized spacial score (nSPS) is 21.4. The highest BCUT2D eigenvalue weighted by Gasteiger charge is 2.52. The van der Waals surface area contributed by atoms with Crippen molar-refractivity contribution >= 4 is 24.2 Å². The molecule has 0 unspecified atom stereocenters. The fraction of sp³-hybridized carbons (Fsp3) is 0.500. The van der Waals surface area contributed by atoms with Crippen LogP contribution in [0.4, 0.5) is 8.78 Å². The topological polar surface area (TPSA) is 18.5 Å². The molecule has 1 heterocycles. The predicted octanol–water partition coefficient (Wildman–Crippen LogP) is 2.92. The number of halogens is 3. The van der Waals surface area contributed by atoms with E-state index in [1.54, 1.807) is 0 Å². The van der Waals surface area contributed by atoms with Gasteiger partial charge in [-0.25, -0.2) is 8.78 Å². The molecule has 0 bridgehead atoms. The minimum atomic E-state index is -1.08. The van der Waals surface area contributed by atoms with E-state index in [0.29, 0.717) is 0 Å². The largest absolute Gasteiger partial charge is 0.497 e.